The molecule has 86 valence electrons. The summed E-state index contributed by atoms with van der Waals surface area (Å²) in [5, 5.41) is 30.5. The lowest BCUT2D eigenvalue weighted by molar-refractivity contribution is -0.165. The predicted octanol–water partition coefficient (Wildman–Crippen LogP) is -2.71. The molecule has 1 amide bonds. The van der Waals surface area contributed by atoms with Gasteiger partial charge in [-0.1, -0.05) is 0 Å². The predicted molar refractivity (Wildman–Crippen MR) is 45.4 cm³/mol. The molecule has 0 saturated carbocycles. The van der Waals surface area contributed by atoms with Gasteiger partial charge in [-0.25, -0.2) is 0 Å². The average molecular weight is 219 g/mol. The van der Waals surface area contributed by atoms with E-state index < -0.39 is 42.8 Å². The van der Waals surface area contributed by atoms with Crippen LogP contribution in [-0.2, 0) is 14.3 Å². The summed E-state index contributed by atoms with van der Waals surface area (Å²) in [6.07, 6.45) is -4.30. The van der Waals surface area contributed by atoms with Crippen LogP contribution in [0.3, 0.4) is 0 Å². The Morgan fingerprint density at radius 3 is 2.73 bits per heavy atom. The molecule has 2 saturated heterocycles. The lowest BCUT2D eigenvalue weighted by atomic mass is 9.98. The molecule has 7 nitrogen and oxygen atoms in total. The second kappa shape index (κ2) is 3.39. The van der Waals surface area contributed by atoms with Crippen LogP contribution in [0, 0.1) is 0 Å². The first-order valence-corrected chi connectivity index (χ1v) is 4.60. The fraction of sp³-hybridized carbons (Fsp3) is 0.875. The van der Waals surface area contributed by atoms with Gasteiger partial charge in [0.25, 0.3) is 0 Å². The first-order valence-electron chi connectivity index (χ1n) is 4.60. The fourth-order valence-electron chi connectivity index (χ4n) is 1.77. The first kappa shape index (κ1) is 10.8. The molecule has 2 aliphatic rings. The fourth-order valence-corrected chi connectivity index (χ4v) is 1.77. The van der Waals surface area contributed by atoms with Crippen molar-refractivity contribution in [3.63, 3.8) is 0 Å². The van der Waals surface area contributed by atoms with Crippen molar-refractivity contribution in [2.75, 3.05) is 6.61 Å². The largest absolute Gasteiger partial charge is 0.394 e. The minimum Gasteiger partial charge on any atom is -0.394 e. The number of nitrogens with one attached hydrogen (secondary N) is 1. The highest BCUT2D eigenvalue weighted by Gasteiger charge is 2.70. The third-order valence-corrected chi connectivity index (χ3v) is 2.59. The summed E-state index contributed by atoms with van der Waals surface area (Å²) in [4.78, 5) is 10.9. The molecule has 0 spiro atoms. The summed E-state index contributed by atoms with van der Waals surface area (Å²) in [5.74, 6) is -0.394. The molecule has 15 heavy (non-hydrogen) atoms. The molecule has 0 radical (unpaired) electrons. The zero-order valence-corrected chi connectivity index (χ0v) is 8.08. The lowest BCUT2D eigenvalue weighted by Gasteiger charge is -2.33. The minimum atomic E-state index is -1.35. The quantitative estimate of drug-likeness (QED) is 0.376. The summed E-state index contributed by atoms with van der Waals surface area (Å²) >= 11 is 0. The van der Waals surface area contributed by atoms with Gasteiger partial charge in [0.2, 0.25) is 17.9 Å². The molecule has 2 aliphatic heterocycles. The summed E-state index contributed by atoms with van der Waals surface area (Å²) in [6.45, 7) is 0.846. The van der Waals surface area contributed by atoms with E-state index in [0.29, 0.717) is 0 Å². The molecule has 2 fully saturated rings. The average Bonchev–Trinajstić information content (AvgIpc) is 2.85. The SMILES string of the molecule is CC(=O)N[C@@]12OC1O[C@H](CO)[C@H](O)[C@@H]2O. The van der Waals surface area contributed by atoms with Crippen LogP contribution in [0.5, 0.6) is 0 Å². The molecule has 0 aromatic heterocycles. The highest BCUT2D eigenvalue weighted by atomic mass is 16.8. The van der Waals surface area contributed by atoms with E-state index in [1.165, 1.54) is 6.92 Å². The number of fused-ring (bicyclic) bond motifs is 1. The second-order valence-electron chi connectivity index (χ2n) is 3.72. The maximum atomic E-state index is 10.9. The Morgan fingerprint density at radius 2 is 2.20 bits per heavy atom. The number of carbonyl (C=O) groups excluding carboxylic acids is 1. The summed E-state index contributed by atoms with van der Waals surface area (Å²) < 4.78 is 10.1. The van der Waals surface area contributed by atoms with Gasteiger partial charge < -0.3 is 30.1 Å². The van der Waals surface area contributed by atoms with Crippen molar-refractivity contribution in [3.05, 3.63) is 0 Å². The molecule has 2 rings (SSSR count). The van der Waals surface area contributed by atoms with Gasteiger partial charge >= 0.3 is 0 Å². The van der Waals surface area contributed by atoms with Crippen LogP contribution in [-0.4, -0.2) is 58.2 Å². The first-order chi connectivity index (χ1) is 7.01. The van der Waals surface area contributed by atoms with E-state index in [2.05, 4.69) is 5.32 Å². The molecular weight excluding hydrogens is 206 g/mol. The van der Waals surface area contributed by atoms with Crippen LogP contribution in [0.2, 0.25) is 0 Å². The third kappa shape index (κ3) is 1.52. The van der Waals surface area contributed by atoms with Crippen molar-refractivity contribution in [1.29, 1.82) is 0 Å². The van der Waals surface area contributed by atoms with E-state index in [0.717, 1.165) is 0 Å². The topological polar surface area (TPSA) is 112 Å². The van der Waals surface area contributed by atoms with Gasteiger partial charge in [0, 0.05) is 6.92 Å². The number of hydrogen-bond donors (Lipinski definition) is 4. The van der Waals surface area contributed by atoms with E-state index in [1.807, 2.05) is 0 Å². The van der Waals surface area contributed by atoms with Crippen molar-refractivity contribution in [2.45, 2.75) is 37.3 Å². The van der Waals surface area contributed by atoms with Gasteiger partial charge in [-0.2, -0.15) is 0 Å². The molecule has 5 atom stereocenters. The number of aliphatic hydroxyl groups is 3. The number of aliphatic hydroxyl groups excluding tert-OH is 3. The lowest BCUT2D eigenvalue weighted by Crippen LogP contribution is -2.60. The van der Waals surface area contributed by atoms with Crippen molar-refractivity contribution in [3.8, 4) is 0 Å². The Hall–Kier alpha value is -0.730. The third-order valence-electron chi connectivity index (χ3n) is 2.59. The van der Waals surface area contributed by atoms with Crippen LogP contribution >= 0.6 is 0 Å². The van der Waals surface area contributed by atoms with Crippen molar-refractivity contribution >= 4 is 5.91 Å². The molecule has 2 heterocycles. The van der Waals surface area contributed by atoms with Crippen LogP contribution in [0.1, 0.15) is 6.92 Å². The molecule has 0 bridgehead atoms. The Morgan fingerprint density at radius 1 is 1.53 bits per heavy atom. The summed E-state index contributed by atoms with van der Waals surface area (Å²) in [6, 6.07) is 0. The van der Waals surface area contributed by atoms with Crippen molar-refractivity contribution in [1.82, 2.24) is 5.32 Å². The maximum absolute atomic E-state index is 10.9. The van der Waals surface area contributed by atoms with Gasteiger partial charge in [0.15, 0.2) is 0 Å². The Balaban J connectivity index is 2.11. The Labute approximate surface area is 85.6 Å². The van der Waals surface area contributed by atoms with E-state index >= 15 is 0 Å². The normalized spacial score (nSPS) is 48.3. The van der Waals surface area contributed by atoms with Gasteiger partial charge in [0.05, 0.1) is 6.61 Å². The van der Waals surface area contributed by atoms with Gasteiger partial charge in [-0.3, -0.25) is 4.79 Å². The number of carbonyl (C=O) groups is 1. The molecule has 0 aromatic carbocycles. The Bertz CT molecular complexity index is 284. The molecule has 4 N–H and O–H groups in total. The van der Waals surface area contributed by atoms with Crippen molar-refractivity contribution < 1.29 is 29.6 Å². The molecule has 7 heteroatoms. The van der Waals surface area contributed by atoms with Crippen LogP contribution < -0.4 is 5.32 Å². The number of rotatable bonds is 2. The molecule has 0 aliphatic carbocycles. The standard InChI is InChI=1S/C8H13NO6/c1-3(11)9-8-6(13)5(12)4(2-10)14-7(8)15-8/h4-7,10,12-13H,2H2,1H3,(H,9,11)/t4-,5+,6+,7?,8+/m1/s1. The molecule has 1 unspecified atom stereocenters. The number of epoxide rings is 1. The van der Waals surface area contributed by atoms with Gasteiger partial charge in [-0.15, -0.1) is 0 Å². The zero-order valence-electron chi connectivity index (χ0n) is 8.08. The van der Waals surface area contributed by atoms with E-state index in [1.54, 1.807) is 0 Å². The van der Waals surface area contributed by atoms with Crippen molar-refractivity contribution in [2.24, 2.45) is 0 Å². The highest BCUT2D eigenvalue weighted by Crippen LogP contribution is 2.44. The highest BCUT2D eigenvalue weighted by molar-refractivity contribution is 5.74. The van der Waals surface area contributed by atoms with Crippen LogP contribution in [0.25, 0.3) is 0 Å². The van der Waals surface area contributed by atoms with E-state index in [9.17, 15) is 15.0 Å². The van der Waals surface area contributed by atoms with E-state index in [4.69, 9.17) is 14.6 Å². The second-order valence-corrected chi connectivity index (χ2v) is 3.72. The van der Waals surface area contributed by atoms with Gasteiger partial charge in [-0.05, 0) is 0 Å². The molecule has 0 aromatic rings. The summed E-state index contributed by atoms with van der Waals surface area (Å²) in [7, 11) is 0. The van der Waals surface area contributed by atoms with Crippen LogP contribution in [0.4, 0.5) is 0 Å². The minimum absolute atomic E-state index is 0.394. The number of ether oxygens (including phenoxy) is 2. The zero-order chi connectivity index (χ0) is 11.2. The van der Waals surface area contributed by atoms with E-state index in [-0.39, 0.29) is 0 Å². The Kier molecular flexibility index (Phi) is 2.44. The smallest absolute Gasteiger partial charge is 0.224 e. The molecular formula is C8H13NO6. The monoisotopic (exact) mass is 219 g/mol. The van der Waals surface area contributed by atoms with Crippen LogP contribution in [0.15, 0.2) is 0 Å². The number of amides is 1. The maximum Gasteiger partial charge on any atom is 0.224 e. The van der Waals surface area contributed by atoms with Gasteiger partial charge in [0.1, 0.15) is 18.3 Å². The summed E-state index contributed by atoms with van der Waals surface area (Å²) in [5.41, 5.74) is -1.35. The number of hydrogen-bond acceptors (Lipinski definition) is 6.